The molecule has 5 heteroatoms. The van der Waals surface area contributed by atoms with Crippen LogP contribution in [0.1, 0.15) is 57.5 Å². The Hall–Kier alpha value is -1.65. The van der Waals surface area contributed by atoms with Crippen LogP contribution in [0.15, 0.2) is 4.79 Å². The lowest BCUT2D eigenvalue weighted by molar-refractivity contribution is -0.141. The minimum absolute atomic E-state index is 0.247. The predicted molar refractivity (Wildman–Crippen MR) is 82.7 cm³/mol. The molecule has 5 nitrogen and oxygen atoms in total. The number of hydrogen-bond donors (Lipinski definition) is 1. The summed E-state index contributed by atoms with van der Waals surface area (Å²) in [5.74, 6) is -1.33. The van der Waals surface area contributed by atoms with Gasteiger partial charge in [0.05, 0.1) is 5.92 Å². The molecule has 0 aliphatic carbocycles. The van der Waals surface area contributed by atoms with Crippen molar-refractivity contribution in [3.8, 4) is 0 Å². The Morgan fingerprint density at radius 1 is 1.33 bits per heavy atom. The maximum Gasteiger partial charge on any atom is 0.348 e. The van der Waals surface area contributed by atoms with Crippen LogP contribution in [0, 0.1) is 19.8 Å². The van der Waals surface area contributed by atoms with Gasteiger partial charge in [-0.2, -0.15) is 4.98 Å². The van der Waals surface area contributed by atoms with Gasteiger partial charge in [0.15, 0.2) is 0 Å². The number of carbonyl (C=O) groups is 1. The Morgan fingerprint density at radius 3 is 2.29 bits per heavy atom. The molecule has 1 atom stereocenters. The molecule has 1 rings (SSSR count). The van der Waals surface area contributed by atoms with E-state index in [4.69, 9.17) is 5.11 Å². The van der Waals surface area contributed by atoms with Gasteiger partial charge >= 0.3 is 11.7 Å². The normalized spacial score (nSPS) is 13.2. The molecule has 0 fully saturated rings. The van der Waals surface area contributed by atoms with E-state index in [0.717, 1.165) is 24.1 Å². The second kappa shape index (κ2) is 6.41. The van der Waals surface area contributed by atoms with Crippen molar-refractivity contribution in [3.05, 3.63) is 27.4 Å². The summed E-state index contributed by atoms with van der Waals surface area (Å²) < 4.78 is 1.74. The van der Waals surface area contributed by atoms with Gasteiger partial charge in [0.1, 0.15) is 0 Å². The van der Waals surface area contributed by atoms with Crippen molar-refractivity contribution >= 4 is 5.97 Å². The first-order valence-electron chi connectivity index (χ1n) is 7.50. The first kappa shape index (κ1) is 17.4. The fourth-order valence-corrected chi connectivity index (χ4v) is 2.69. The van der Waals surface area contributed by atoms with Crippen LogP contribution in [0.4, 0.5) is 0 Å². The van der Waals surface area contributed by atoms with E-state index in [0.29, 0.717) is 12.1 Å². The van der Waals surface area contributed by atoms with Crippen LogP contribution in [0.3, 0.4) is 0 Å². The van der Waals surface area contributed by atoms with Crippen molar-refractivity contribution in [3.63, 3.8) is 0 Å². The maximum absolute atomic E-state index is 12.3. The second-order valence-electron chi connectivity index (χ2n) is 6.03. The fraction of sp³-hybridized carbons (Fsp3) is 0.688. The van der Waals surface area contributed by atoms with E-state index < -0.39 is 11.9 Å². The molecular weight excluding hydrogens is 268 g/mol. The Balaban J connectivity index is 3.49. The van der Waals surface area contributed by atoms with Crippen molar-refractivity contribution in [1.82, 2.24) is 9.55 Å². The van der Waals surface area contributed by atoms with Crippen molar-refractivity contribution in [2.75, 3.05) is 0 Å². The Labute approximate surface area is 126 Å². The van der Waals surface area contributed by atoms with Crippen LogP contribution in [0.5, 0.6) is 0 Å². The first-order valence-corrected chi connectivity index (χ1v) is 7.50. The van der Waals surface area contributed by atoms with Crippen LogP contribution < -0.4 is 5.69 Å². The molecule has 0 amide bonds. The minimum Gasteiger partial charge on any atom is -0.481 e. The molecule has 0 spiro atoms. The van der Waals surface area contributed by atoms with E-state index in [9.17, 15) is 9.59 Å². The Kier molecular flexibility index (Phi) is 5.31. The molecule has 0 aliphatic rings. The van der Waals surface area contributed by atoms with Gasteiger partial charge in [-0.25, -0.2) is 4.79 Å². The minimum atomic E-state index is -0.833. The Bertz CT molecular complexity index is 586. The number of carboxylic acid groups (broad SMARTS) is 1. The van der Waals surface area contributed by atoms with Gasteiger partial charge in [-0.05, 0) is 45.6 Å². The molecule has 0 saturated heterocycles. The molecule has 0 radical (unpaired) electrons. The zero-order valence-corrected chi connectivity index (χ0v) is 13.9. The van der Waals surface area contributed by atoms with E-state index in [1.54, 1.807) is 18.4 Å². The van der Waals surface area contributed by atoms with Gasteiger partial charge in [-0.3, -0.25) is 9.36 Å². The largest absolute Gasteiger partial charge is 0.481 e. The zero-order valence-electron chi connectivity index (χ0n) is 13.9. The standard InChI is InChI=1S/C16H26N2O3/c1-7-16(6,8-2)18-12(5)13(9-10(3)14(19)20)11(4)17-15(18)21/h10H,7-9H2,1-6H3,(H,19,20). The first-order chi connectivity index (χ1) is 9.67. The van der Waals surface area contributed by atoms with Crippen LogP contribution in [-0.2, 0) is 16.8 Å². The summed E-state index contributed by atoms with van der Waals surface area (Å²) in [6.07, 6.45) is 2.04. The number of carboxylic acids is 1. The molecule has 0 bridgehead atoms. The molecule has 1 heterocycles. The monoisotopic (exact) mass is 294 g/mol. The topological polar surface area (TPSA) is 72.2 Å². The lowest BCUT2D eigenvalue weighted by Crippen LogP contribution is -2.41. The summed E-state index contributed by atoms with van der Waals surface area (Å²) in [6.45, 7) is 11.5. The molecule has 21 heavy (non-hydrogen) atoms. The van der Waals surface area contributed by atoms with Crippen LogP contribution in [0.25, 0.3) is 0 Å². The highest BCUT2D eigenvalue weighted by molar-refractivity contribution is 5.70. The van der Waals surface area contributed by atoms with E-state index in [2.05, 4.69) is 18.8 Å². The molecule has 118 valence electrons. The van der Waals surface area contributed by atoms with Crippen molar-refractivity contribution in [2.45, 2.75) is 66.3 Å². The lowest BCUT2D eigenvalue weighted by atomic mass is 9.92. The number of aromatic nitrogens is 2. The van der Waals surface area contributed by atoms with Crippen LogP contribution >= 0.6 is 0 Å². The Morgan fingerprint density at radius 2 is 1.86 bits per heavy atom. The quantitative estimate of drug-likeness (QED) is 0.875. The predicted octanol–water partition coefficient (Wildman–Crippen LogP) is 2.66. The summed E-state index contributed by atoms with van der Waals surface area (Å²) in [5, 5.41) is 9.11. The zero-order chi connectivity index (χ0) is 16.4. The van der Waals surface area contributed by atoms with Gasteiger partial charge in [0, 0.05) is 16.9 Å². The lowest BCUT2D eigenvalue weighted by Gasteiger charge is -2.32. The van der Waals surface area contributed by atoms with E-state index in [-0.39, 0.29) is 11.2 Å². The van der Waals surface area contributed by atoms with Crippen molar-refractivity contribution in [1.29, 1.82) is 0 Å². The average Bonchev–Trinajstić information content (AvgIpc) is 2.42. The van der Waals surface area contributed by atoms with E-state index >= 15 is 0 Å². The van der Waals surface area contributed by atoms with Crippen LogP contribution in [0.2, 0.25) is 0 Å². The molecule has 1 aromatic rings. The molecule has 0 aliphatic heterocycles. The highest BCUT2D eigenvalue weighted by Crippen LogP contribution is 2.26. The van der Waals surface area contributed by atoms with E-state index in [1.165, 1.54) is 0 Å². The third-order valence-electron chi connectivity index (χ3n) is 4.66. The van der Waals surface area contributed by atoms with Crippen molar-refractivity contribution < 1.29 is 9.90 Å². The highest BCUT2D eigenvalue weighted by atomic mass is 16.4. The van der Waals surface area contributed by atoms with Gasteiger partial charge in [-0.1, -0.05) is 20.8 Å². The summed E-state index contributed by atoms with van der Waals surface area (Å²) in [7, 11) is 0. The summed E-state index contributed by atoms with van der Waals surface area (Å²) >= 11 is 0. The molecule has 0 saturated carbocycles. The average molecular weight is 294 g/mol. The highest BCUT2D eigenvalue weighted by Gasteiger charge is 2.28. The summed E-state index contributed by atoms with van der Waals surface area (Å²) in [6, 6.07) is 0. The molecule has 1 aromatic heterocycles. The second-order valence-corrected chi connectivity index (χ2v) is 6.03. The SMILES string of the molecule is CCC(C)(CC)n1c(C)c(CC(C)C(=O)O)c(C)nc1=O. The summed E-state index contributed by atoms with van der Waals surface area (Å²) in [4.78, 5) is 27.6. The van der Waals surface area contributed by atoms with Crippen molar-refractivity contribution in [2.24, 2.45) is 5.92 Å². The summed E-state index contributed by atoms with van der Waals surface area (Å²) in [5.41, 5.74) is 1.81. The number of aryl methyl sites for hydroxylation is 1. The molecule has 1 N–H and O–H groups in total. The van der Waals surface area contributed by atoms with Crippen LogP contribution in [-0.4, -0.2) is 20.6 Å². The maximum atomic E-state index is 12.3. The van der Waals surface area contributed by atoms with Gasteiger partial charge in [0.2, 0.25) is 0 Å². The molecular formula is C16H26N2O3. The number of hydrogen-bond acceptors (Lipinski definition) is 3. The van der Waals surface area contributed by atoms with E-state index in [1.807, 2.05) is 13.8 Å². The number of rotatable bonds is 6. The number of nitrogens with zero attached hydrogens (tertiary/aromatic N) is 2. The molecule has 1 unspecified atom stereocenters. The van der Waals surface area contributed by atoms with Gasteiger partial charge in [-0.15, -0.1) is 0 Å². The smallest absolute Gasteiger partial charge is 0.348 e. The third kappa shape index (κ3) is 3.34. The van der Waals surface area contributed by atoms with Gasteiger partial charge < -0.3 is 5.11 Å². The molecule has 0 aromatic carbocycles. The number of aliphatic carboxylic acids is 1. The van der Waals surface area contributed by atoms with Gasteiger partial charge in [0.25, 0.3) is 0 Å². The third-order valence-corrected chi connectivity index (χ3v) is 4.66. The fourth-order valence-electron chi connectivity index (χ4n) is 2.69.